The summed E-state index contributed by atoms with van der Waals surface area (Å²) in [5.74, 6) is -4.43. The molecule has 0 heterocycles. The predicted octanol–water partition coefficient (Wildman–Crippen LogP) is 2.85. The van der Waals surface area contributed by atoms with Gasteiger partial charge in [0.1, 0.15) is 6.04 Å². The van der Waals surface area contributed by atoms with Crippen LogP contribution in [0, 0.1) is 17.6 Å². The third-order valence-corrected chi connectivity index (χ3v) is 2.88. The monoisotopic (exact) mass is 305 g/mol. The third-order valence-electron chi connectivity index (χ3n) is 2.57. The number of amides is 1. The summed E-state index contributed by atoms with van der Waals surface area (Å²) >= 11 is 5.65. The number of aliphatic carboxylic acids is 1. The van der Waals surface area contributed by atoms with Gasteiger partial charge in [-0.3, -0.25) is 4.79 Å². The molecular formula is C13H14ClF2NO3. The van der Waals surface area contributed by atoms with Gasteiger partial charge in [-0.2, -0.15) is 0 Å². The van der Waals surface area contributed by atoms with Gasteiger partial charge in [0, 0.05) is 0 Å². The first-order valence-corrected chi connectivity index (χ1v) is 6.28. The molecule has 0 aliphatic carbocycles. The van der Waals surface area contributed by atoms with Crippen LogP contribution >= 0.6 is 11.6 Å². The second-order valence-electron chi connectivity index (χ2n) is 4.74. The van der Waals surface area contributed by atoms with Crippen molar-refractivity contribution < 1.29 is 23.5 Å². The molecule has 0 aliphatic heterocycles. The Labute approximate surface area is 119 Å². The van der Waals surface area contributed by atoms with Crippen LogP contribution in [0.15, 0.2) is 12.1 Å². The topological polar surface area (TPSA) is 66.4 Å². The van der Waals surface area contributed by atoms with Crippen LogP contribution in [0.2, 0.25) is 5.02 Å². The van der Waals surface area contributed by atoms with Gasteiger partial charge in [0.25, 0.3) is 5.91 Å². The smallest absolute Gasteiger partial charge is 0.326 e. The van der Waals surface area contributed by atoms with E-state index in [1.165, 1.54) is 0 Å². The largest absolute Gasteiger partial charge is 0.480 e. The number of carbonyl (C=O) groups is 2. The number of nitrogens with one attached hydrogen (secondary N) is 1. The van der Waals surface area contributed by atoms with Crippen LogP contribution in [0.3, 0.4) is 0 Å². The molecule has 0 radical (unpaired) electrons. The first-order valence-electron chi connectivity index (χ1n) is 5.90. The van der Waals surface area contributed by atoms with Crippen LogP contribution in [0.4, 0.5) is 8.78 Å². The summed E-state index contributed by atoms with van der Waals surface area (Å²) in [6.07, 6.45) is 0.211. The lowest BCUT2D eigenvalue weighted by Gasteiger charge is -2.17. The Bertz CT molecular complexity index is 535. The number of halogens is 3. The van der Waals surface area contributed by atoms with Crippen molar-refractivity contribution in [2.45, 2.75) is 26.3 Å². The number of carboxylic acids is 1. The summed E-state index contributed by atoms with van der Waals surface area (Å²) in [6.45, 7) is 3.60. The van der Waals surface area contributed by atoms with Gasteiger partial charge >= 0.3 is 5.97 Å². The predicted molar refractivity (Wildman–Crippen MR) is 69.7 cm³/mol. The van der Waals surface area contributed by atoms with Gasteiger partial charge in [-0.1, -0.05) is 25.4 Å². The molecule has 1 rings (SSSR count). The molecule has 1 atom stereocenters. The molecule has 110 valence electrons. The summed E-state index contributed by atoms with van der Waals surface area (Å²) in [7, 11) is 0. The van der Waals surface area contributed by atoms with Crippen molar-refractivity contribution in [3.8, 4) is 0 Å². The Morgan fingerprint density at radius 2 is 1.85 bits per heavy atom. The van der Waals surface area contributed by atoms with E-state index in [4.69, 9.17) is 16.7 Å². The number of hydrogen-bond acceptors (Lipinski definition) is 2. The number of rotatable bonds is 5. The van der Waals surface area contributed by atoms with Crippen molar-refractivity contribution in [3.63, 3.8) is 0 Å². The first kappa shape index (κ1) is 16.4. The molecule has 1 aromatic rings. The van der Waals surface area contributed by atoms with Gasteiger partial charge in [-0.25, -0.2) is 13.6 Å². The lowest BCUT2D eigenvalue weighted by Crippen LogP contribution is -2.41. The van der Waals surface area contributed by atoms with Crippen LogP contribution in [-0.4, -0.2) is 23.0 Å². The molecule has 0 saturated carbocycles. The molecule has 7 heteroatoms. The zero-order chi connectivity index (χ0) is 15.4. The van der Waals surface area contributed by atoms with Crippen LogP contribution in [-0.2, 0) is 4.79 Å². The van der Waals surface area contributed by atoms with Gasteiger partial charge in [0.2, 0.25) is 0 Å². The average molecular weight is 306 g/mol. The Morgan fingerprint density at radius 1 is 1.30 bits per heavy atom. The van der Waals surface area contributed by atoms with E-state index in [-0.39, 0.29) is 22.9 Å². The van der Waals surface area contributed by atoms with E-state index < -0.39 is 29.6 Å². The highest BCUT2D eigenvalue weighted by Gasteiger charge is 2.23. The van der Waals surface area contributed by atoms with Gasteiger partial charge in [-0.05, 0) is 24.5 Å². The number of hydrogen-bond donors (Lipinski definition) is 2. The van der Waals surface area contributed by atoms with Crippen molar-refractivity contribution in [3.05, 3.63) is 34.4 Å². The maximum atomic E-state index is 13.1. The summed E-state index contributed by atoms with van der Waals surface area (Å²) in [5.41, 5.74) is -0.305. The van der Waals surface area contributed by atoms with E-state index in [0.29, 0.717) is 12.1 Å². The maximum absolute atomic E-state index is 13.1. The van der Waals surface area contributed by atoms with Gasteiger partial charge in [0.15, 0.2) is 11.6 Å². The summed E-state index contributed by atoms with van der Waals surface area (Å²) in [6, 6.07) is 0.192. The number of benzene rings is 1. The molecule has 1 amide bonds. The summed E-state index contributed by atoms with van der Waals surface area (Å²) in [5, 5.41) is 11.0. The quantitative estimate of drug-likeness (QED) is 0.822. The van der Waals surface area contributed by atoms with Gasteiger partial charge < -0.3 is 10.4 Å². The molecule has 4 nitrogen and oxygen atoms in total. The number of carbonyl (C=O) groups excluding carboxylic acids is 1. The Morgan fingerprint density at radius 3 is 2.35 bits per heavy atom. The number of carboxylic acid groups (broad SMARTS) is 1. The molecule has 0 aliphatic rings. The zero-order valence-electron chi connectivity index (χ0n) is 10.9. The van der Waals surface area contributed by atoms with Crippen molar-refractivity contribution in [2.24, 2.45) is 5.92 Å². The molecule has 0 bridgehead atoms. The Balaban J connectivity index is 2.95. The van der Waals surface area contributed by atoms with Gasteiger partial charge in [-0.15, -0.1) is 0 Å². The molecule has 0 unspecified atom stereocenters. The highest BCUT2D eigenvalue weighted by Crippen LogP contribution is 2.20. The third kappa shape index (κ3) is 4.16. The van der Waals surface area contributed by atoms with Crippen LogP contribution < -0.4 is 5.32 Å². The summed E-state index contributed by atoms with van der Waals surface area (Å²) < 4.78 is 26.0. The zero-order valence-corrected chi connectivity index (χ0v) is 11.7. The molecule has 1 aromatic carbocycles. The van der Waals surface area contributed by atoms with E-state index in [9.17, 15) is 18.4 Å². The summed E-state index contributed by atoms with van der Waals surface area (Å²) in [4.78, 5) is 22.9. The molecule has 0 aromatic heterocycles. The molecule has 2 N–H and O–H groups in total. The van der Waals surface area contributed by atoms with E-state index >= 15 is 0 Å². The van der Waals surface area contributed by atoms with Gasteiger partial charge in [0.05, 0.1) is 10.6 Å². The molecular weight excluding hydrogens is 292 g/mol. The van der Waals surface area contributed by atoms with Crippen molar-refractivity contribution in [2.75, 3.05) is 0 Å². The Hall–Kier alpha value is -1.69. The van der Waals surface area contributed by atoms with Crippen LogP contribution in [0.25, 0.3) is 0 Å². The average Bonchev–Trinajstić information content (AvgIpc) is 2.32. The first-order chi connectivity index (χ1) is 9.22. The minimum Gasteiger partial charge on any atom is -0.480 e. The molecule has 20 heavy (non-hydrogen) atoms. The van der Waals surface area contributed by atoms with E-state index in [1.807, 2.05) is 0 Å². The van der Waals surface area contributed by atoms with Crippen molar-refractivity contribution >= 4 is 23.5 Å². The molecule has 0 fully saturated rings. The highest BCUT2D eigenvalue weighted by molar-refractivity contribution is 6.33. The second-order valence-corrected chi connectivity index (χ2v) is 5.15. The Kier molecular flexibility index (Phi) is 5.44. The maximum Gasteiger partial charge on any atom is 0.326 e. The van der Waals surface area contributed by atoms with E-state index in [2.05, 4.69) is 5.32 Å². The highest BCUT2D eigenvalue weighted by atomic mass is 35.5. The second kappa shape index (κ2) is 6.65. The lowest BCUT2D eigenvalue weighted by molar-refractivity contribution is -0.139. The van der Waals surface area contributed by atoms with E-state index in [1.54, 1.807) is 13.8 Å². The van der Waals surface area contributed by atoms with Crippen LogP contribution in [0.1, 0.15) is 30.6 Å². The van der Waals surface area contributed by atoms with Crippen molar-refractivity contribution in [1.29, 1.82) is 0 Å². The van der Waals surface area contributed by atoms with Crippen molar-refractivity contribution in [1.82, 2.24) is 5.32 Å². The standard InChI is InChI=1S/C13H14ClF2NO3/c1-6(2)3-11(13(19)20)17-12(18)7-4-9(15)10(16)5-8(7)14/h4-6,11H,3H2,1-2H3,(H,17,18)(H,19,20)/t11-/m0/s1. The van der Waals surface area contributed by atoms with Crippen LogP contribution in [0.5, 0.6) is 0 Å². The van der Waals surface area contributed by atoms with E-state index in [0.717, 1.165) is 0 Å². The normalized spacial score (nSPS) is 12.3. The fraction of sp³-hybridized carbons (Fsp3) is 0.385. The SMILES string of the molecule is CC(C)C[C@H](NC(=O)c1cc(F)c(F)cc1Cl)C(=O)O. The minimum absolute atomic E-state index is 0.0387. The molecule has 0 saturated heterocycles. The fourth-order valence-electron chi connectivity index (χ4n) is 1.63. The lowest BCUT2D eigenvalue weighted by atomic mass is 10.0. The molecule has 0 spiro atoms. The fourth-order valence-corrected chi connectivity index (χ4v) is 1.86. The minimum atomic E-state index is -1.23.